The van der Waals surface area contributed by atoms with Crippen molar-refractivity contribution in [3.8, 4) is 5.75 Å². The fourth-order valence-electron chi connectivity index (χ4n) is 1.45. The van der Waals surface area contributed by atoms with Gasteiger partial charge in [0, 0.05) is 18.5 Å². The van der Waals surface area contributed by atoms with E-state index in [9.17, 15) is 8.78 Å². The van der Waals surface area contributed by atoms with Crippen LogP contribution in [-0.4, -0.2) is 32.1 Å². The van der Waals surface area contributed by atoms with Crippen molar-refractivity contribution < 1.29 is 13.5 Å². The van der Waals surface area contributed by atoms with Crippen LogP contribution in [0.1, 0.15) is 18.9 Å². The standard InChI is InChI=1S/C13H20F2N2O/c1-4-13(14,15)10-5-6-12(11(16)9-10)18-8-7-17(2)3/h5-6,9H,4,7-8,16H2,1-3H3. The van der Waals surface area contributed by atoms with Crippen LogP contribution >= 0.6 is 0 Å². The third-order valence-corrected chi connectivity index (χ3v) is 2.67. The van der Waals surface area contributed by atoms with Crippen molar-refractivity contribution >= 4 is 5.69 Å². The summed E-state index contributed by atoms with van der Waals surface area (Å²) in [6.07, 6.45) is -0.243. The third kappa shape index (κ3) is 3.84. The van der Waals surface area contributed by atoms with Crippen LogP contribution in [0.3, 0.4) is 0 Å². The van der Waals surface area contributed by atoms with Crippen molar-refractivity contribution in [2.45, 2.75) is 19.3 Å². The van der Waals surface area contributed by atoms with Gasteiger partial charge >= 0.3 is 0 Å². The average molecular weight is 258 g/mol. The van der Waals surface area contributed by atoms with Gasteiger partial charge in [-0.15, -0.1) is 0 Å². The fraction of sp³-hybridized carbons (Fsp3) is 0.538. The Kier molecular flexibility index (Phi) is 4.90. The molecule has 0 saturated carbocycles. The van der Waals surface area contributed by atoms with Gasteiger partial charge < -0.3 is 15.4 Å². The first-order valence-electron chi connectivity index (χ1n) is 5.92. The van der Waals surface area contributed by atoms with Gasteiger partial charge in [0.1, 0.15) is 12.4 Å². The molecule has 102 valence electrons. The van der Waals surface area contributed by atoms with Crippen molar-refractivity contribution in [3.05, 3.63) is 23.8 Å². The Bertz CT molecular complexity index is 395. The summed E-state index contributed by atoms with van der Waals surface area (Å²) in [6.45, 7) is 2.66. The summed E-state index contributed by atoms with van der Waals surface area (Å²) in [5, 5.41) is 0. The van der Waals surface area contributed by atoms with Crippen molar-refractivity contribution in [1.29, 1.82) is 0 Å². The summed E-state index contributed by atoms with van der Waals surface area (Å²) in [4.78, 5) is 1.97. The van der Waals surface area contributed by atoms with E-state index in [1.165, 1.54) is 25.1 Å². The SMILES string of the molecule is CCC(F)(F)c1ccc(OCCN(C)C)c(N)c1. The summed E-state index contributed by atoms with van der Waals surface area (Å²) < 4.78 is 32.3. The number of hydrogen-bond acceptors (Lipinski definition) is 3. The summed E-state index contributed by atoms with van der Waals surface area (Å²) in [7, 11) is 3.86. The number of hydrogen-bond donors (Lipinski definition) is 1. The van der Waals surface area contributed by atoms with Gasteiger partial charge in [0.05, 0.1) is 5.69 Å². The van der Waals surface area contributed by atoms with Crippen LogP contribution in [0.4, 0.5) is 14.5 Å². The molecule has 0 saturated heterocycles. The van der Waals surface area contributed by atoms with Crippen molar-refractivity contribution in [1.82, 2.24) is 4.90 Å². The first kappa shape index (κ1) is 14.7. The lowest BCUT2D eigenvalue weighted by Gasteiger charge is -2.17. The molecule has 18 heavy (non-hydrogen) atoms. The first-order chi connectivity index (χ1) is 8.36. The zero-order valence-electron chi connectivity index (χ0n) is 11.0. The van der Waals surface area contributed by atoms with Gasteiger partial charge in [0.2, 0.25) is 0 Å². The maximum Gasteiger partial charge on any atom is 0.273 e. The second kappa shape index (κ2) is 6.00. The lowest BCUT2D eigenvalue weighted by atomic mass is 10.1. The number of ether oxygens (including phenoxy) is 1. The number of nitrogens with two attached hydrogens (primary N) is 1. The van der Waals surface area contributed by atoms with E-state index in [1.54, 1.807) is 0 Å². The van der Waals surface area contributed by atoms with E-state index in [0.29, 0.717) is 12.4 Å². The smallest absolute Gasteiger partial charge is 0.273 e. The minimum Gasteiger partial charge on any atom is -0.490 e. The van der Waals surface area contributed by atoms with Crippen LogP contribution in [0.2, 0.25) is 0 Å². The van der Waals surface area contributed by atoms with Crippen molar-refractivity contribution in [2.75, 3.05) is 33.0 Å². The second-order valence-electron chi connectivity index (χ2n) is 4.46. The van der Waals surface area contributed by atoms with Gasteiger partial charge in [0.15, 0.2) is 0 Å². The van der Waals surface area contributed by atoms with Crippen LogP contribution in [0.5, 0.6) is 5.75 Å². The molecule has 5 heteroatoms. The molecule has 1 aromatic carbocycles. The maximum absolute atomic E-state index is 13.5. The minimum absolute atomic E-state index is 0.0672. The molecular weight excluding hydrogens is 238 g/mol. The van der Waals surface area contributed by atoms with Gasteiger partial charge in [-0.25, -0.2) is 8.78 Å². The molecule has 0 aromatic heterocycles. The molecule has 0 fully saturated rings. The molecule has 0 aliphatic heterocycles. The predicted octanol–water partition coefficient (Wildman–Crippen LogP) is 2.71. The zero-order chi connectivity index (χ0) is 13.8. The lowest BCUT2D eigenvalue weighted by Crippen LogP contribution is -2.20. The molecule has 1 rings (SSSR count). The molecule has 0 aliphatic carbocycles. The number of nitrogens with zero attached hydrogens (tertiary/aromatic N) is 1. The number of likely N-dealkylation sites (N-methyl/N-ethyl adjacent to an activating group) is 1. The van der Waals surface area contributed by atoms with Gasteiger partial charge in [-0.05, 0) is 32.3 Å². The van der Waals surface area contributed by atoms with Crippen molar-refractivity contribution in [3.63, 3.8) is 0 Å². The Balaban J connectivity index is 2.74. The highest BCUT2D eigenvalue weighted by atomic mass is 19.3. The molecule has 2 N–H and O–H groups in total. The molecule has 0 bridgehead atoms. The quantitative estimate of drug-likeness (QED) is 0.797. The predicted molar refractivity (Wildman–Crippen MR) is 69.1 cm³/mol. The average Bonchev–Trinajstić information content (AvgIpc) is 2.30. The largest absolute Gasteiger partial charge is 0.490 e. The molecule has 0 heterocycles. The van der Waals surface area contributed by atoms with E-state index in [4.69, 9.17) is 10.5 Å². The van der Waals surface area contributed by atoms with E-state index < -0.39 is 5.92 Å². The van der Waals surface area contributed by atoms with Gasteiger partial charge in [-0.2, -0.15) is 0 Å². The van der Waals surface area contributed by atoms with Crippen LogP contribution in [0.15, 0.2) is 18.2 Å². The Hall–Kier alpha value is -1.36. The number of anilines is 1. The molecule has 1 aromatic rings. The lowest BCUT2D eigenvalue weighted by molar-refractivity contribution is -0.00826. The maximum atomic E-state index is 13.5. The highest BCUT2D eigenvalue weighted by molar-refractivity contribution is 5.55. The van der Waals surface area contributed by atoms with Crippen LogP contribution in [-0.2, 0) is 5.92 Å². The first-order valence-corrected chi connectivity index (χ1v) is 5.92. The highest BCUT2D eigenvalue weighted by Gasteiger charge is 2.29. The Labute approximate surface area is 107 Å². The Morgan fingerprint density at radius 1 is 1.33 bits per heavy atom. The molecule has 3 nitrogen and oxygen atoms in total. The number of nitrogen functional groups attached to an aromatic ring is 1. The normalized spacial score (nSPS) is 11.9. The summed E-state index contributed by atoms with van der Waals surface area (Å²) in [5.74, 6) is -2.39. The van der Waals surface area contributed by atoms with E-state index in [0.717, 1.165) is 6.54 Å². The molecule has 0 amide bonds. The van der Waals surface area contributed by atoms with E-state index >= 15 is 0 Å². The molecule has 0 spiro atoms. The van der Waals surface area contributed by atoms with E-state index in [2.05, 4.69) is 0 Å². The topological polar surface area (TPSA) is 38.5 Å². The molecule has 0 aliphatic rings. The third-order valence-electron chi connectivity index (χ3n) is 2.67. The number of alkyl halides is 2. The summed E-state index contributed by atoms with van der Waals surface area (Å²) in [5.41, 5.74) is 5.90. The van der Waals surface area contributed by atoms with Crippen LogP contribution in [0.25, 0.3) is 0 Å². The fourth-order valence-corrected chi connectivity index (χ4v) is 1.45. The molecule has 0 unspecified atom stereocenters. The summed E-state index contributed by atoms with van der Waals surface area (Å²) >= 11 is 0. The van der Waals surface area contributed by atoms with E-state index in [1.807, 2.05) is 19.0 Å². The van der Waals surface area contributed by atoms with Crippen LogP contribution in [0, 0.1) is 0 Å². The monoisotopic (exact) mass is 258 g/mol. The number of halogens is 2. The highest BCUT2D eigenvalue weighted by Crippen LogP contribution is 2.34. The molecular formula is C13H20F2N2O. The van der Waals surface area contributed by atoms with Gasteiger partial charge in [0.25, 0.3) is 5.92 Å². The number of benzene rings is 1. The second-order valence-corrected chi connectivity index (χ2v) is 4.46. The molecule has 0 atom stereocenters. The van der Waals surface area contributed by atoms with Crippen molar-refractivity contribution in [2.24, 2.45) is 0 Å². The van der Waals surface area contributed by atoms with E-state index in [-0.39, 0.29) is 17.7 Å². The minimum atomic E-state index is -2.84. The van der Waals surface area contributed by atoms with Gasteiger partial charge in [-0.3, -0.25) is 0 Å². The molecule has 0 radical (unpaired) electrons. The zero-order valence-corrected chi connectivity index (χ0v) is 11.0. The van der Waals surface area contributed by atoms with Gasteiger partial charge in [-0.1, -0.05) is 6.92 Å². The number of rotatable bonds is 6. The Morgan fingerprint density at radius 2 is 2.00 bits per heavy atom. The van der Waals surface area contributed by atoms with Crippen LogP contribution < -0.4 is 10.5 Å². The summed E-state index contributed by atoms with van der Waals surface area (Å²) in [6, 6.07) is 4.16. The Morgan fingerprint density at radius 3 is 2.50 bits per heavy atom.